The highest BCUT2D eigenvalue weighted by Gasteiger charge is 2.37. The summed E-state index contributed by atoms with van der Waals surface area (Å²) in [6, 6.07) is 7.79. The number of nitrogens with one attached hydrogen (secondary N) is 1. The van der Waals surface area contributed by atoms with E-state index in [2.05, 4.69) is 40.0 Å². The van der Waals surface area contributed by atoms with Crippen LogP contribution in [0.3, 0.4) is 0 Å². The summed E-state index contributed by atoms with van der Waals surface area (Å²) in [5, 5.41) is 5.74. The zero-order valence-electron chi connectivity index (χ0n) is 21.6. The molecule has 0 saturated carbocycles. The molecule has 10 heteroatoms. The minimum atomic E-state index is -1.40. The number of aromatic nitrogens is 3. The maximum atomic E-state index is 14.5. The molecule has 1 aromatic carbocycles. The molecule has 4 atom stereocenters. The Morgan fingerprint density at radius 2 is 2.05 bits per heavy atom. The molecular weight excluding hydrogens is 583 g/mol. The first-order valence-corrected chi connectivity index (χ1v) is 14.6. The number of amides is 1. The van der Waals surface area contributed by atoms with Crippen molar-refractivity contribution in [2.45, 2.75) is 38.6 Å². The number of H-pyrrole nitrogens is 1. The van der Waals surface area contributed by atoms with E-state index in [0.717, 1.165) is 37.6 Å². The number of rotatable bonds is 6. The van der Waals surface area contributed by atoms with Gasteiger partial charge in [0.05, 0.1) is 15.6 Å². The molecule has 1 saturated heterocycles. The van der Waals surface area contributed by atoms with Crippen molar-refractivity contribution in [2.75, 3.05) is 13.2 Å². The van der Waals surface area contributed by atoms with Gasteiger partial charge in [-0.25, -0.2) is 9.07 Å². The number of carbonyl (C=O) groups is 1. The largest absolute Gasteiger partial charge is 0.344 e. The first-order chi connectivity index (χ1) is 18.7. The number of fused-ring (bicyclic) bond motifs is 1. The third-order valence-corrected chi connectivity index (χ3v) is 8.94. The molecule has 1 fully saturated rings. The predicted octanol–water partition coefficient (Wildman–Crippen LogP) is 4.23. The van der Waals surface area contributed by atoms with Crippen LogP contribution in [-0.2, 0) is 9.53 Å². The fraction of sp³-hybridized carbons (Fsp3) is 0.345. The molecule has 39 heavy (non-hydrogen) atoms. The SMILES string of the molecule is CC1C=c2sc(=O)[nH]c2=CC1CCN1C(=O)COC1c1cn(-c2ccc(Br)cc2)nc1C1=CCC(C)(F)C=C1. The van der Waals surface area contributed by atoms with Gasteiger partial charge in [0, 0.05) is 29.2 Å². The second-order valence-electron chi connectivity index (χ2n) is 10.5. The number of thiazole rings is 1. The second kappa shape index (κ2) is 10.1. The Morgan fingerprint density at radius 3 is 2.79 bits per heavy atom. The minimum Gasteiger partial charge on any atom is -0.344 e. The number of aromatic amines is 1. The van der Waals surface area contributed by atoms with E-state index in [1.54, 1.807) is 28.7 Å². The van der Waals surface area contributed by atoms with Crippen LogP contribution < -0.4 is 14.8 Å². The Kier molecular flexibility index (Phi) is 6.81. The molecular formula is C29H28BrFN4O3S. The summed E-state index contributed by atoms with van der Waals surface area (Å²) in [7, 11) is 0. The van der Waals surface area contributed by atoms with Crippen LogP contribution in [0.2, 0.25) is 0 Å². The maximum absolute atomic E-state index is 14.5. The van der Waals surface area contributed by atoms with E-state index in [1.165, 1.54) is 11.3 Å². The van der Waals surface area contributed by atoms with Crippen molar-refractivity contribution < 1.29 is 13.9 Å². The highest BCUT2D eigenvalue weighted by Crippen LogP contribution is 2.37. The molecule has 3 heterocycles. The summed E-state index contributed by atoms with van der Waals surface area (Å²) in [5.41, 5.74) is 1.69. The van der Waals surface area contributed by atoms with Crippen molar-refractivity contribution in [1.82, 2.24) is 19.7 Å². The molecule has 2 aromatic heterocycles. The Morgan fingerprint density at radius 1 is 1.26 bits per heavy atom. The van der Waals surface area contributed by atoms with Crippen LogP contribution in [0.1, 0.15) is 44.2 Å². The van der Waals surface area contributed by atoms with Gasteiger partial charge in [0.15, 0.2) is 6.23 Å². The molecule has 3 aromatic rings. The lowest BCUT2D eigenvalue weighted by molar-refractivity contribution is -0.128. The molecule has 6 rings (SSSR count). The van der Waals surface area contributed by atoms with Gasteiger partial charge >= 0.3 is 4.87 Å². The summed E-state index contributed by atoms with van der Waals surface area (Å²) in [5.74, 6) is 0.334. The molecule has 2 aliphatic carbocycles. The Labute approximate surface area is 237 Å². The van der Waals surface area contributed by atoms with Gasteiger partial charge < -0.3 is 14.6 Å². The van der Waals surface area contributed by atoms with Crippen LogP contribution in [0.25, 0.3) is 23.4 Å². The topological polar surface area (TPSA) is 80.2 Å². The lowest BCUT2D eigenvalue weighted by atomic mass is 9.88. The lowest BCUT2D eigenvalue weighted by Crippen LogP contribution is -2.34. The van der Waals surface area contributed by atoms with Gasteiger partial charge in [-0.1, -0.05) is 58.5 Å². The number of benzene rings is 1. The molecule has 3 aliphatic rings. The zero-order valence-corrected chi connectivity index (χ0v) is 24.0. The van der Waals surface area contributed by atoms with E-state index in [9.17, 15) is 14.0 Å². The first-order valence-electron chi connectivity index (χ1n) is 12.9. The molecule has 202 valence electrons. The third kappa shape index (κ3) is 5.25. The maximum Gasteiger partial charge on any atom is 0.305 e. The van der Waals surface area contributed by atoms with E-state index < -0.39 is 11.9 Å². The van der Waals surface area contributed by atoms with Crippen molar-refractivity contribution >= 4 is 50.9 Å². The zero-order chi connectivity index (χ0) is 27.3. The molecule has 0 bridgehead atoms. The van der Waals surface area contributed by atoms with Crippen LogP contribution in [0.5, 0.6) is 0 Å². The van der Waals surface area contributed by atoms with Crippen molar-refractivity contribution in [3.05, 3.63) is 84.0 Å². The van der Waals surface area contributed by atoms with Crippen molar-refractivity contribution in [3.63, 3.8) is 0 Å². The number of alkyl halides is 1. The number of halogens is 2. The Hall–Kier alpha value is -3.08. The van der Waals surface area contributed by atoms with Gasteiger partial charge in [0.1, 0.15) is 18.0 Å². The molecule has 1 N–H and O–H groups in total. The van der Waals surface area contributed by atoms with Gasteiger partial charge in [0.25, 0.3) is 5.91 Å². The first kappa shape index (κ1) is 26.2. The molecule has 0 spiro atoms. The lowest BCUT2D eigenvalue weighted by Gasteiger charge is -2.27. The quantitative estimate of drug-likeness (QED) is 0.453. The normalized spacial score (nSPS) is 26.3. The standard InChI is InChI=1S/C29H28BrFN4O3S/c1-17-13-24-23(32-28(37)39-24)14-19(17)9-12-34-25(36)16-38-27(34)22-15-35(21-5-3-20(30)4-6-21)33-26(22)18-7-10-29(2,31)11-8-18/h3-8,10,13-15,17,19,27H,9,11-12,16H2,1-2H3,(H,32,37). The van der Waals surface area contributed by atoms with Crippen LogP contribution in [0.15, 0.2) is 58.0 Å². The summed E-state index contributed by atoms with van der Waals surface area (Å²) >= 11 is 4.70. The number of allylic oxidation sites excluding steroid dienone is 4. The monoisotopic (exact) mass is 610 g/mol. The van der Waals surface area contributed by atoms with Gasteiger partial charge in [-0.15, -0.1) is 0 Å². The number of hydrogen-bond acceptors (Lipinski definition) is 5. The average Bonchev–Trinajstić information content (AvgIpc) is 3.59. The minimum absolute atomic E-state index is 0.0108. The smallest absolute Gasteiger partial charge is 0.305 e. The van der Waals surface area contributed by atoms with E-state index >= 15 is 0 Å². The van der Waals surface area contributed by atoms with E-state index in [-0.39, 0.29) is 35.6 Å². The summed E-state index contributed by atoms with van der Waals surface area (Å²) < 4.78 is 24.3. The van der Waals surface area contributed by atoms with Crippen LogP contribution in [-0.4, -0.2) is 44.4 Å². The van der Waals surface area contributed by atoms with E-state index in [0.29, 0.717) is 12.2 Å². The summed E-state index contributed by atoms with van der Waals surface area (Å²) in [4.78, 5) is 29.5. The second-order valence-corrected chi connectivity index (χ2v) is 12.4. The summed E-state index contributed by atoms with van der Waals surface area (Å²) in [6.45, 7) is 4.17. The van der Waals surface area contributed by atoms with Gasteiger partial charge in [-0.3, -0.25) is 9.59 Å². The molecule has 1 amide bonds. The fourth-order valence-corrected chi connectivity index (χ4v) is 6.46. The Balaban J connectivity index is 1.32. The van der Waals surface area contributed by atoms with Crippen molar-refractivity contribution in [1.29, 1.82) is 0 Å². The predicted molar refractivity (Wildman–Crippen MR) is 153 cm³/mol. The molecule has 0 radical (unpaired) electrons. The molecule has 4 unspecified atom stereocenters. The number of nitrogens with zero attached hydrogens (tertiary/aromatic N) is 3. The summed E-state index contributed by atoms with van der Waals surface area (Å²) in [6.07, 6.45) is 11.7. The van der Waals surface area contributed by atoms with Crippen LogP contribution in [0.4, 0.5) is 4.39 Å². The highest BCUT2D eigenvalue weighted by molar-refractivity contribution is 9.10. The van der Waals surface area contributed by atoms with Crippen molar-refractivity contribution in [3.8, 4) is 5.69 Å². The third-order valence-electron chi connectivity index (χ3n) is 7.55. The van der Waals surface area contributed by atoms with Crippen LogP contribution in [0, 0.1) is 11.8 Å². The number of ether oxygens (including phenoxy) is 1. The Bertz CT molecular complexity index is 1670. The highest BCUT2D eigenvalue weighted by atomic mass is 79.9. The number of carbonyl (C=O) groups excluding carboxylic acids is 1. The van der Waals surface area contributed by atoms with Crippen molar-refractivity contribution in [2.24, 2.45) is 11.8 Å². The molecule has 7 nitrogen and oxygen atoms in total. The average molecular weight is 612 g/mol. The van der Waals surface area contributed by atoms with E-state index in [4.69, 9.17) is 9.84 Å². The van der Waals surface area contributed by atoms with Crippen LogP contribution >= 0.6 is 27.3 Å². The number of hydrogen-bond donors (Lipinski definition) is 1. The van der Waals surface area contributed by atoms with E-state index in [1.807, 2.05) is 36.5 Å². The fourth-order valence-electron chi connectivity index (χ4n) is 5.32. The molecule has 1 aliphatic heterocycles. The van der Waals surface area contributed by atoms with Gasteiger partial charge in [-0.2, -0.15) is 5.10 Å². The van der Waals surface area contributed by atoms with Gasteiger partial charge in [-0.05, 0) is 61.1 Å². The van der Waals surface area contributed by atoms with Gasteiger partial charge in [0.2, 0.25) is 0 Å².